The first-order valence-electron chi connectivity index (χ1n) is 9.89. The summed E-state index contributed by atoms with van der Waals surface area (Å²) in [5.41, 5.74) is 2.58. The number of aliphatic hydroxyl groups excluding tert-OH is 1. The summed E-state index contributed by atoms with van der Waals surface area (Å²) in [5.74, 6) is 0.690. The molecule has 4 nitrogen and oxygen atoms in total. The molecule has 0 bridgehead atoms. The molecule has 25 heavy (non-hydrogen) atoms. The van der Waals surface area contributed by atoms with Gasteiger partial charge in [0.1, 0.15) is 0 Å². The van der Waals surface area contributed by atoms with Gasteiger partial charge in [-0.2, -0.15) is 0 Å². The third kappa shape index (κ3) is 3.61. The van der Waals surface area contributed by atoms with Gasteiger partial charge in [-0.1, -0.05) is 18.6 Å². The van der Waals surface area contributed by atoms with Crippen molar-refractivity contribution < 1.29 is 9.90 Å². The van der Waals surface area contributed by atoms with Crippen molar-refractivity contribution in [3.8, 4) is 0 Å². The Bertz CT molecular complexity index is 601. The van der Waals surface area contributed by atoms with Crippen LogP contribution in [0.4, 0.5) is 0 Å². The molecule has 2 heterocycles. The van der Waals surface area contributed by atoms with E-state index in [4.69, 9.17) is 0 Å². The lowest BCUT2D eigenvalue weighted by molar-refractivity contribution is 0.0732. The molecule has 1 aromatic carbocycles. The third-order valence-corrected chi connectivity index (χ3v) is 6.71. The number of aliphatic hydroxyl groups is 1. The lowest BCUT2D eigenvalue weighted by atomic mass is 9.68. The molecule has 136 valence electrons. The molecule has 1 aromatic rings. The first kappa shape index (κ1) is 17.0. The lowest BCUT2D eigenvalue weighted by Gasteiger charge is -2.37. The lowest BCUT2D eigenvalue weighted by Crippen LogP contribution is -2.35. The molecule has 1 aliphatic carbocycles. The van der Waals surface area contributed by atoms with Crippen LogP contribution in [0.15, 0.2) is 24.3 Å². The van der Waals surface area contributed by atoms with Gasteiger partial charge >= 0.3 is 0 Å². The van der Waals surface area contributed by atoms with Crippen LogP contribution in [0.1, 0.15) is 54.4 Å². The van der Waals surface area contributed by atoms with Gasteiger partial charge in [-0.3, -0.25) is 9.69 Å². The van der Waals surface area contributed by atoms with E-state index in [9.17, 15) is 9.90 Å². The van der Waals surface area contributed by atoms with Gasteiger partial charge in [0.05, 0.1) is 0 Å². The van der Waals surface area contributed by atoms with E-state index in [1.54, 1.807) is 0 Å². The minimum absolute atomic E-state index is 0.207. The molecule has 1 N–H and O–H groups in total. The maximum atomic E-state index is 12.7. The predicted octanol–water partition coefficient (Wildman–Crippen LogP) is 2.91. The first-order valence-corrected chi connectivity index (χ1v) is 9.89. The second-order valence-corrected chi connectivity index (χ2v) is 8.43. The van der Waals surface area contributed by atoms with E-state index in [-0.39, 0.29) is 5.91 Å². The average molecular weight is 342 g/mol. The van der Waals surface area contributed by atoms with Gasteiger partial charge in [-0.25, -0.2) is 0 Å². The van der Waals surface area contributed by atoms with E-state index >= 15 is 0 Å². The van der Waals surface area contributed by atoms with Gasteiger partial charge in [0.25, 0.3) is 5.91 Å². The van der Waals surface area contributed by atoms with Crippen molar-refractivity contribution >= 4 is 5.91 Å². The van der Waals surface area contributed by atoms with Crippen LogP contribution >= 0.6 is 0 Å². The van der Waals surface area contributed by atoms with E-state index in [1.807, 2.05) is 12.1 Å². The molecule has 3 aliphatic rings. The van der Waals surface area contributed by atoms with Crippen LogP contribution in [0.25, 0.3) is 0 Å². The summed E-state index contributed by atoms with van der Waals surface area (Å²) in [5, 5.41) is 9.24. The standard InChI is InChI=1S/C21H30N2O2/c24-15-18-6-11-22(12-7-18)14-17-2-4-19(5-3-17)20(25)23-13-10-21(16-23)8-1-9-21/h2-5,18,24H,1,6-16H2. The van der Waals surface area contributed by atoms with Crippen molar-refractivity contribution in [1.29, 1.82) is 0 Å². The summed E-state index contributed by atoms with van der Waals surface area (Å²) in [6.45, 7) is 5.28. The Morgan fingerprint density at radius 1 is 1.08 bits per heavy atom. The van der Waals surface area contributed by atoms with Crippen molar-refractivity contribution in [2.75, 3.05) is 32.8 Å². The van der Waals surface area contributed by atoms with E-state index in [0.29, 0.717) is 17.9 Å². The molecular formula is C21H30N2O2. The number of piperidine rings is 1. The highest BCUT2D eigenvalue weighted by Crippen LogP contribution is 2.48. The number of rotatable bonds is 4. The van der Waals surface area contributed by atoms with E-state index in [1.165, 1.54) is 31.2 Å². The first-order chi connectivity index (χ1) is 12.2. The van der Waals surface area contributed by atoms with Crippen LogP contribution in [0.3, 0.4) is 0 Å². The maximum Gasteiger partial charge on any atom is 0.253 e. The second-order valence-electron chi connectivity index (χ2n) is 8.43. The smallest absolute Gasteiger partial charge is 0.253 e. The Hall–Kier alpha value is -1.39. The summed E-state index contributed by atoms with van der Waals surface area (Å²) in [7, 11) is 0. The molecule has 0 radical (unpaired) electrons. The zero-order valence-corrected chi connectivity index (χ0v) is 15.1. The third-order valence-electron chi connectivity index (χ3n) is 6.71. The molecule has 0 atom stereocenters. The summed E-state index contributed by atoms with van der Waals surface area (Å²) < 4.78 is 0. The average Bonchev–Trinajstić information content (AvgIpc) is 3.09. The zero-order valence-electron chi connectivity index (χ0n) is 15.1. The summed E-state index contributed by atoms with van der Waals surface area (Å²) in [6, 6.07) is 8.23. The molecule has 4 rings (SSSR count). The molecule has 0 unspecified atom stereocenters. The van der Waals surface area contributed by atoms with Gasteiger partial charge < -0.3 is 10.0 Å². The quantitative estimate of drug-likeness (QED) is 0.915. The van der Waals surface area contributed by atoms with Crippen LogP contribution in [-0.2, 0) is 6.54 Å². The number of carbonyl (C=O) groups excluding carboxylic acids is 1. The summed E-state index contributed by atoms with van der Waals surface area (Å²) in [4.78, 5) is 17.2. The molecule has 1 saturated carbocycles. The monoisotopic (exact) mass is 342 g/mol. The minimum atomic E-state index is 0.207. The largest absolute Gasteiger partial charge is 0.396 e. The Balaban J connectivity index is 1.32. The van der Waals surface area contributed by atoms with Crippen molar-refractivity contribution in [3.63, 3.8) is 0 Å². The van der Waals surface area contributed by atoms with Crippen LogP contribution < -0.4 is 0 Å². The normalized spacial score (nSPS) is 23.8. The Kier molecular flexibility index (Phi) is 4.83. The van der Waals surface area contributed by atoms with Crippen LogP contribution in [0, 0.1) is 11.3 Å². The predicted molar refractivity (Wildman–Crippen MR) is 98.3 cm³/mol. The molecule has 1 amide bonds. The molecular weight excluding hydrogens is 312 g/mol. The number of likely N-dealkylation sites (tertiary alicyclic amines) is 2. The van der Waals surface area contributed by atoms with Crippen molar-refractivity contribution in [1.82, 2.24) is 9.80 Å². The molecule has 2 aliphatic heterocycles. The fourth-order valence-electron chi connectivity index (χ4n) is 4.71. The molecule has 3 fully saturated rings. The highest BCUT2D eigenvalue weighted by Gasteiger charge is 2.44. The van der Waals surface area contributed by atoms with Crippen LogP contribution in [-0.4, -0.2) is 53.6 Å². The van der Waals surface area contributed by atoms with Gasteiger partial charge in [-0.05, 0) is 74.2 Å². The van der Waals surface area contributed by atoms with E-state index in [0.717, 1.165) is 51.1 Å². The van der Waals surface area contributed by atoms with E-state index < -0.39 is 0 Å². The Morgan fingerprint density at radius 2 is 1.80 bits per heavy atom. The van der Waals surface area contributed by atoms with Crippen molar-refractivity contribution in [2.24, 2.45) is 11.3 Å². The summed E-state index contributed by atoms with van der Waals surface area (Å²) in [6.07, 6.45) is 7.33. The molecule has 0 aromatic heterocycles. The van der Waals surface area contributed by atoms with Gasteiger partial charge in [0, 0.05) is 31.8 Å². The fraction of sp³-hybridized carbons (Fsp3) is 0.667. The van der Waals surface area contributed by atoms with E-state index in [2.05, 4.69) is 21.9 Å². The zero-order chi connectivity index (χ0) is 17.3. The second kappa shape index (κ2) is 7.08. The molecule has 2 saturated heterocycles. The number of benzene rings is 1. The fourth-order valence-corrected chi connectivity index (χ4v) is 4.71. The van der Waals surface area contributed by atoms with Crippen molar-refractivity contribution in [2.45, 2.75) is 45.1 Å². The molecule has 1 spiro atoms. The highest BCUT2D eigenvalue weighted by molar-refractivity contribution is 5.94. The Labute approximate surface area is 150 Å². The Morgan fingerprint density at radius 3 is 2.36 bits per heavy atom. The SMILES string of the molecule is O=C(c1ccc(CN2CCC(CO)CC2)cc1)N1CCC2(CCC2)C1. The van der Waals surface area contributed by atoms with Gasteiger partial charge in [0.15, 0.2) is 0 Å². The van der Waals surface area contributed by atoms with Crippen LogP contribution in [0.2, 0.25) is 0 Å². The number of hydrogen-bond donors (Lipinski definition) is 1. The maximum absolute atomic E-state index is 12.7. The van der Waals surface area contributed by atoms with Crippen LogP contribution in [0.5, 0.6) is 0 Å². The minimum Gasteiger partial charge on any atom is -0.396 e. The number of carbonyl (C=O) groups is 1. The van der Waals surface area contributed by atoms with Crippen molar-refractivity contribution in [3.05, 3.63) is 35.4 Å². The van der Waals surface area contributed by atoms with Gasteiger partial charge in [-0.15, -0.1) is 0 Å². The van der Waals surface area contributed by atoms with Gasteiger partial charge in [0.2, 0.25) is 0 Å². The molecule has 4 heteroatoms. The highest BCUT2D eigenvalue weighted by atomic mass is 16.3. The number of nitrogens with zero attached hydrogens (tertiary/aromatic N) is 2. The summed E-state index contributed by atoms with van der Waals surface area (Å²) >= 11 is 0. The number of hydrogen-bond acceptors (Lipinski definition) is 3. The number of amides is 1. The topological polar surface area (TPSA) is 43.8 Å².